The Hall–Kier alpha value is -1.13. The van der Waals surface area contributed by atoms with Crippen LogP contribution in [0.25, 0.3) is 0 Å². The smallest absolute Gasteiger partial charge is 0.0625 e. The van der Waals surface area contributed by atoms with Crippen LogP contribution in [0.1, 0.15) is 30.8 Å². The maximum Gasteiger partial charge on any atom is 0.0625 e. The lowest BCUT2D eigenvalue weighted by Crippen LogP contribution is -2.26. The van der Waals surface area contributed by atoms with Crippen LogP contribution in [0.15, 0.2) is 36.4 Å². The molecular formula is C17H24BrN3. The van der Waals surface area contributed by atoms with Gasteiger partial charge in [-0.25, -0.2) is 0 Å². The van der Waals surface area contributed by atoms with E-state index in [1.54, 1.807) is 0 Å². The second-order valence-corrected chi connectivity index (χ2v) is 5.97. The third kappa shape index (κ3) is 4.68. The van der Waals surface area contributed by atoms with E-state index >= 15 is 0 Å². The Morgan fingerprint density at radius 1 is 1.14 bits per heavy atom. The van der Waals surface area contributed by atoms with Gasteiger partial charge in [-0.3, -0.25) is 9.58 Å². The van der Waals surface area contributed by atoms with Crippen LogP contribution in [0.2, 0.25) is 0 Å². The lowest BCUT2D eigenvalue weighted by molar-refractivity contribution is 0.265. The molecular weight excluding hydrogens is 326 g/mol. The molecule has 1 aromatic carbocycles. The largest absolute Gasteiger partial charge is 0.292 e. The number of aryl methyl sites for hydroxylation is 2. The second-order valence-electron chi connectivity index (χ2n) is 5.18. The Morgan fingerprint density at radius 2 is 1.90 bits per heavy atom. The summed E-state index contributed by atoms with van der Waals surface area (Å²) < 4.78 is 2.13. The molecule has 3 nitrogen and oxygen atoms in total. The molecule has 21 heavy (non-hydrogen) atoms. The number of benzene rings is 1. The molecule has 0 saturated heterocycles. The van der Waals surface area contributed by atoms with Crippen LogP contribution in [0, 0.1) is 0 Å². The number of hydrogen-bond acceptors (Lipinski definition) is 2. The van der Waals surface area contributed by atoms with Gasteiger partial charge in [-0.1, -0.05) is 53.2 Å². The molecule has 0 saturated carbocycles. The van der Waals surface area contributed by atoms with Gasteiger partial charge >= 0.3 is 0 Å². The summed E-state index contributed by atoms with van der Waals surface area (Å²) in [6.07, 6.45) is 0.997. The molecule has 2 aromatic rings. The van der Waals surface area contributed by atoms with Gasteiger partial charge in [-0.05, 0) is 25.0 Å². The first-order chi connectivity index (χ1) is 10.3. The summed E-state index contributed by atoms with van der Waals surface area (Å²) in [4.78, 5) is 2.46. The minimum absolute atomic E-state index is 0.933. The van der Waals surface area contributed by atoms with Gasteiger partial charge in [0, 0.05) is 31.5 Å². The van der Waals surface area contributed by atoms with Crippen molar-refractivity contribution in [3.05, 3.63) is 53.3 Å². The van der Waals surface area contributed by atoms with E-state index in [1.165, 1.54) is 17.0 Å². The third-order valence-corrected chi connectivity index (χ3v) is 3.97. The van der Waals surface area contributed by atoms with Crippen LogP contribution in [0.5, 0.6) is 0 Å². The number of aromatic nitrogens is 2. The fourth-order valence-corrected chi connectivity index (χ4v) is 2.99. The third-order valence-electron chi connectivity index (χ3n) is 3.61. The quantitative estimate of drug-likeness (QED) is 0.674. The van der Waals surface area contributed by atoms with Crippen molar-refractivity contribution in [2.75, 3.05) is 11.9 Å². The molecule has 0 atom stereocenters. The summed E-state index contributed by atoms with van der Waals surface area (Å²) in [7, 11) is 0. The molecule has 4 heteroatoms. The van der Waals surface area contributed by atoms with Crippen LogP contribution < -0.4 is 0 Å². The highest BCUT2D eigenvalue weighted by Crippen LogP contribution is 2.12. The zero-order chi connectivity index (χ0) is 15.1. The number of hydrogen-bond donors (Lipinski definition) is 0. The minimum Gasteiger partial charge on any atom is -0.292 e. The summed E-state index contributed by atoms with van der Waals surface area (Å²) in [6.45, 7) is 8.20. The fraction of sp³-hybridized carbons (Fsp3) is 0.471. The number of alkyl halides is 1. The Labute approximate surface area is 136 Å². The highest BCUT2D eigenvalue weighted by atomic mass is 79.9. The van der Waals surface area contributed by atoms with Gasteiger partial charge in [-0.2, -0.15) is 5.10 Å². The molecule has 0 unspecified atom stereocenters. The first-order valence-corrected chi connectivity index (χ1v) is 8.76. The molecule has 1 heterocycles. The molecule has 0 radical (unpaired) electrons. The summed E-state index contributed by atoms with van der Waals surface area (Å²) in [5.41, 5.74) is 3.85. The average Bonchev–Trinajstić information content (AvgIpc) is 2.90. The Morgan fingerprint density at radius 3 is 2.52 bits per heavy atom. The highest BCUT2D eigenvalue weighted by Gasteiger charge is 2.11. The van der Waals surface area contributed by atoms with Crippen LogP contribution in [-0.2, 0) is 26.1 Å². The Balaban J connectivity index is 2.10. The van der Waals surface area contributed by atoms with Gasteiger partial charge in [0.25, 0.3) is 0 Å². The number of halogens is 1. The Bertz CT molecular complexity index is 536. The van der Waals surface area contributed by atoms with Gasteiger partial charge in [0.2, 0.25) is 0 Å². The summed E-state index contributed by atoms with van der Waals surface area (Å²) in [5, 5.41) is 5.63. The number of rotatable bonds is 8. The van der Waals surface area contributed by atoms with Crippen molar-refractivity contribution < 1.29 is 0 Å². The van der Waals surface area contributed by atoms with Gasteiger partial charge in [-0.15, -0.1) is 0 Å². The zero-order valence-corrected chi connectivity index (χ0v) is 14.5. The monoisotopic (exact) mass is 349 g/mol. The van der Waals surface area contributed by atoms with Crippen molar-refractivity contribution >= 4 is 15.9 Å². The second kappa shape index (κ2) is 8.35. The zero-order valence-electron chi connectivity index (χ0n) is 12.9. The molecule has 0 N–H and O–H groups in total. The Kier molecular flexibility index (Phi) is 6.46. The van der Waals surface area contributed by atoms with E-state index in [2.05, 4.69) is 80.9 Å². The summed E-state index contributed by atoms with van der Waals surface area (Å²) in [6, 6.07) is 12.9. The first-order valence-electron chi connectivity index (χ1n) is 7.64. The van der Waals surface area contributed by atoms with Crippen molar-refractivity contribution in [3.8, 4) is 0 Å². The molecule has 0 spiro atoms. The predicted molar refractivity (Wildman–Crippen MR) is 91.6 cm³/mol. The van der Waals surface area contributed by atoms with Crippen molar-refractivity contribution in [3.63, 3.8) is 0 Å². The van der Waals surface area contributed by atoms with E-state index in [1.807, 2.05) is 0 Å². The van der Waals surface area contributed by atoms with E-state index < -0.39 is 0 Å². The van der Waals surface area contributed by atoms with Crippen LogP contribution in [-0.4, -0.2) is 26.6 Å². The normalized spacial score (nSPS) is 11.2. The molecule has 0 aliphatic carbocycles. The molecule has 0 aliphatic rings. The first kappa shape index (κ1) is 16.2. The van der Waals surface area contributed by atoms with Crippen LogP contribution in [0.4, 0.5) is 0 Å². The minimum atomic E-state index is 0.933. The molecule has 114 valence electrons. The van der Waals surface area contributed by atoms with Gasteiger partial charge in [0.15, 0.2) is 0 Å². The van der Waals surface area contributed by atoms with Crippen LogP contribution >= 0.6 is 15.9 Å². The van der Waals surface area contributed by atoms with Crippen molar-refractivity contribution in [1.82, 2.24) is 14.7 Å². The maximum absolute atomic E-state index is 4.65. The lowest BCUT2D eigenvalue weighted by Gasteiger charge is -2.21. The van der Waals surface area contributed by atoms with Crippen molar-refractivity contribution in [2.45, 2.75) is 39.9 Å². The molecule has 0 aliphatic heterocycles. The molecule has 0 bridgehead atoms. The van der Waals surface area contributed by atoms with Crippen molar-refractivity contribution in [1.29, 1.82) is 0 Å². The number of nitrogens with zero attached hydrogens (tertiary/aromatic N) is 3. The average molecular weight is 350 g/mol. The standard InChI is InChI=1S/C17H24BrN3/c1-3-16-12-17(21(4-2)19-16)14-20(11-10-18)13-15-8-6-5-7-9-15/h5-9,12H,3-4,10-11,13-14H2,1-2H3. The van der Waals surface area contributed by atoms with E-state index in [0.29, 0.717) is 0 Å². The van der Waals surface area contributed by atoms with Gasteiger partial charge < -0.3 is 0 Å². The summed E-state index contributed by atoms with van der Waals surface area (Å²) >= 11 is 3.57. The van der Waals surface area contributed by atoms with Crippen LogP contribution in [0.3, 0.4) is 0 Å². The van der Waals surface area contributed by atoms with Gasteiger partial charge in [0.05, 0.1) is 11.4 Å². The van der Waals surface area contributed by atoms with E-state index in [0.717, 1.165) is 37.9 Å². The topological polar surface area (TPSA) is 21.1 Å². The highest BCUT2D eigenvalue weighted by molar-refractivity contribution is 9.09. The maximum atomic E-state index is 4.65. The fourth-order valence-electron chi connectivity index (χ4n) is 2.49. The molecule has 0 fully saturated rings. The molecule has 0 amide bonds. The van der Waals surface area contributed by atoms with E-state index in [9.17, 15) is 0 Å². The summed E-state index contributed by atoms with van der Waals surface area (Å²) in [5.74, 6) is 0. The molecule has 1 aromatic heterocycles. The lowest BCUT2D eigenvalue weighted by atomic mass is 10.2. The predicted octanol–water partition coefficient (Wildman–Crippen LogP) is 3.86. The van der Waals surface area contributed by atoms with E-state index in [-0.39, 0.29) is 0 Å². The van der Waals surface area contributed by atoms with Gasteiger partial charge in [0.1, 0.15) is 0 Å². The SMILES string of the molecule is CCc1cc(CN(CCBr)Cc2ccccc2)n(CC)n1. The molecule has 2 rings (SSSR count). The van der Waals surface area contributed by atoms with E-state index in [4.69, 9.17) is 0 Å². The van der Waals surface area contributed by atoms with Crippen molar-refractivity contribution in [2.24, 2.45) is 0 Å².